The summed E-state index contributed by atoms with van der Waals surface area (Å²) in [6, 6.07) is 11.8. The van der Waals surface area contributed by atoms with E-state index in [0.717, 1.165) is 35.2 Å². The lowest BCUT2D eigenvalue weighted by molar-refractivity contribution is 0.543. The molecule has 0 radical (unpaired) electrons. The van der Waals surface area contributed by atoms with Gasteiger partial charge in [0.25, 0.3) is 0 Å². The van der Waals surface area contributed by atoms with Crippen molar-refractivity contribution in [2.24, 2.45) is 0 Å². The predicted molar refractivity (Wildman–Crippen MR) is 95.2 cm³/mol. The van der Waals surface area contributed by atoms with E-state index < -0.39 is 0 Å². The minimum absolute atomic E-state index is 0.0970. The van der Waals surface area contributed by atoms with Crippen molar-refractivity contribution in [2.45, 2.75) is 33.2 Å². The van der Waals surface area contributed by atoms with Crippen LogP contribution >= 0.6 is 22.6 Å². The zero-order chi connectivity index (χ0) is 15.4. The molecule has 0 aliphatic carbocycles. The molecule has 0 aliphatic rings. The van der Waals surface area contributed by atoms with Gasteiger partial charge in [0.15, 0.2) is 0 Å². The van der Waals surface area contributed by atoms with Gasteiger partial charge in [-0.1, -0.05) is 25.1 Å². The van der Waals surface area contributed by atoms with Crippen LogP contribution in [0.1, 0.15) is 41.6 Å². The van der Waals surface area contributed by atoms with Gasteiger partial charge >= 0.3 is 0 Å². The first kappa shape index (κ1) is 16.4. The highest BCUT2D eigenvalue weighted by atomic mass is 127. The summed E-state index contributed by atoms with van der Waals surface area (Å²) in [5.74, 6) is -0.125. The van der Waals surface area contributed by atoms with E-state index in [4.69, 9.17) is 0 Å². The molecule has 0 spiro atoms. The highest BCUT2D eigenvalue weighted by molar-refractivity contribution is 14.1. The Labute approximate surface area is 140 Å². The Morgan fingerprint density at radius 2 is 1.95 bits per heavy atom. The Morgan fingerprint density at radius 3 is 2.57 bits per heavy atom. The number of halogens is 2. The molecular weight excluding hydrogens is 376 g/mol. The fraction of sp³-hybridized carbons (Fsp3) is 0.333. The molecule has 0 fully saturated rings. The Balaban J connectivity index is 2.50. The minimum atomic E-state index is -0.125. The molecule has 0 bridgehead atoms. The summed E-state index contributed by atoms with van der Waals surface area (Å²) in [6.45, 7) is 6.90. The Bertz CT molecular complexity index is 601. The highest BCUT2D eigenvalue weighted by Crippen LogP contribution is 2.29. The fourth-order valence-corrected chi connectivity index (χ4v) is 3.22. The molecule has 21 heavy (non-hydrogen) atoms. The molecule has 0 saturated heterocycles. The highest BCUT2D eigenvalue weighted by Gasteiger charge is 2.20. The van der Waals surface area contributed by atoms with Gasteiger partial charge < -0.3 is 5.32 Å². The monoisotopic (exact) mass is 397 g/mol. The van der Waals surface area contributed by atoms with E-state index in [1.165, 1.54) is 3.57 Å². The van der Waals surface area contributed by atoms with E-state index >= 15 is 0 Å². The SMILES string of the molecule is CCCNC(c1cccc(I)c1)c1c(C)cc(C)cc1F. The van der Waals surface area contributed by atoms with Gasteiger partial charge in [-0.05, 0) is 84.3 Å². The van der Waals surface area contributed by atoms with Crippen molar-refractivity contribution in [3.05, 3.63) is 68.0 Å². The van der Waals surface area contributed by atoms with Crippen LogP contribution in [0.2, 0.25) is 0 Å². The third kappa shape index (κ3) is 4.04. The maximum absolute atomic E-state index is 14.5. The molecule has 1 nitrogen and oxygen atoms in total. The standard InChI is InChI=1S/C18H21FIN/c1-4-8-21-18(14-6-5-7-15(20)11-14)17-13(3)9-12(2)10-16(17)19/h5-7,9-11,18,21H,4,8H2,1-3H3. The molecule has 0 amide bonds. The Morgan fingerprint density at radius 1 is 1.19 bits per heavy atom. The number of benzene rings is 2. The van der Waals surface area contributed by atoms with Gasteiger partial charge in [-0.25, -0.2) is 4.39 Å². The van der Waals surface area contributed by atoms with Crippen molar-refractivity contribution in [3.8, 4) is 0 Å². The molecule has 3 heteroatoms. The van der Waals surface area contributed by atoms with E-state index in [1.54, 1.807) is 6.07 Å². The first-order valence-corrected chi connectivity index (χ1v) is 8.36. The summed E-state index contributed by atoms with van der Waals surface area (Å²) < 4.78 is 15.7. The number of hydrogen-bond donors (Lipinski definition) is 1. The van der Waals surface area contributed by atoms with Gasteiger partial charge in [0.05, 0.1) is 6.04 Å². The predicted octanol–water partition coefficient (Wildman–Crippen LogP) is 5.14. The van der Waals surface area contributed by atoms with Crippen LogP contribution in [-0.2, 0) is 0 Å². The maximum atomic E-state index is 14.5. The van der Waals surface area contributed by atoms with Gasteiger partial charge in [-0.3, -0.25) is 0 Å². The molecule has 2 aromatic carbocycles. The van der Waals surface area contributed by atoms with E-state index in [-0.39, 0.29) is 11.9 Å². The van der Waals surface area contributed by atoms with Crippen LogP contribution in [0.3, 0.4) is 0 Å². The summed E-state index contributed by atoms with van der Waals surface area (Å²) in [5.41, 5.74) is 3.84. The second-order valence-electron chi connectivity index (χ2n) is 5.42. The van der Waals surface area contributed by atoms with Crippen molar-refractivity contribution in [2.75, 3.05) is 6.54 Å². The topological polar surface area (TPSA) is 12.0 Å². The van der Waals surface area contributed by atoms with Crippen molar-refractivity contribution >= 4 is 22.6 Å². The second-order valence-corrected chi connectivity index (χ2v) is 6.67. The van der Waals surface area contributed by atoms with Crippen LogP contribution < -0.4 is 5.32 Å². The quantitative estimate of drug-likeness (QED) is 0.690. The maximum Gasteiger partial charge on any atom is 0.128 e. The minimum Gasteiger partial charge on any atom is -0.306 e. The summed E-state index contributed by atoms with van der Waals surface area (Å²) in [7, 11) is 0. The van der Waals surface area contributed by atoms with Crippen LogP contribution in [0, 0.1) is 23.2 Å². The van der Waals surface area contributed by atoms with Gasteiger partial charge in [0.1, 0.15) is 5.82 Å². The lowest BCUT2D eigenvalue weighted by Crippen LogP contribution is -2.25. The van der Waals surface area contributed by atoms with E-state index in [9.17, 15) is 4.39 Å². The third-order valence-corrected chi connectivity index (χ3v) is 4.22. The first-order valence-electron chi connectivity index (χ1n) is 7.28. The average Bonchev–Trinajstić information content (AvgIpc) is 2.41. The molecule has 1 atom stereocenters. The van der Waals surface area contributed by atoms with Crippen molar-refractivity contribution in [1.82, 2.24) is 5.32 Å². The molecule has 112 valence electrons. The first-order chi connectivity index (χ1) is 10.0. The summed E-state index contributed by atoms with van der Waals surface area (Å²) in [6.07, 6.45) is 1.02. The number of rotatable bonds is 5. The Kier molecular flexibility index (Phi) is 5.76. The summed E-state index contributed by atoms with van der Waals surface area (Å²) in [5, 5.41) is 3.49. The van der Waals surface area contributed by atoms with Crippen LogP contribution in [0.4, 0.5) is 4.39 Å². The lowest BCUT2D eigenvalue weighted by atomic mass is 9.93. The molecule has 2 rings (SSSR count). The van der Waals surface area contributed by atoms with Crippen molar-refractivity contribution in [1.29, 1.82) is 0 Å². The largest absolute Gasteiger partial charge is 0.306 e. The molecule has 0 aromatic heterocycles. The van der Waals surface area contributed by atoms with Crippen LogP contribution in [0.25, 0.3) is 0 Å². The Hall–Kier alpha value is -0.940. The zero-order valence-electron chi connectivity index (χ0n) is 12.7. The summed E-state index contributed by atoms with van der Waals surface area (Å²) >= 11 is 2.30. The van der Waals surface area contributed by atoms with E-state index in [2.05, 4.69) is 53.0 Å². The molecule has 0 aliphatic heterocycles. The zero-order valence-corrected chi connectivity index (χ0v) is 14.9. The number of hydrogen-bond acceptors (Lipinski definition) is 1. The molecular formula is C18H21FIN. The van der Waals surface area contributed by atoms with Gasteiger partial charge in [-0.2, -0.15) is 0 Å². The molecule has 0 heterocycles. The number of aryl methyl sites for hydroxylation is 2. The van der Waals surface area contributed by atoms with E-state index in [0.29, 0.717) is 0 Å². The van der Waals surface area contributed by atoms with Crippen molar-refractivity contribution < 1.29 is 4.39 Å². The summed E-state index contributed by atoms with van der Waals surface area (Å²) in [4.78, 5) is 0. The second kappa shape index (κ2) is 7.36. The van der Waals surface area contributed by atoms with E-state index in [1.807, 2.05) is 26.0 Å². The van der Waals surface area contributed by atoms with Gasteiger partial charge in [-0.15, -0.1) is 0 Å². The molecule has 2 aromatic rings. The molecule has 1 N–H and O–H groups in total. The van der Waals surface area contributed by atoms with Crippen molar-refractivity contribution in [3.63, 3.8) is 0 Å². The van der Waals surface area contributed by atoms with Gasteiger partial charge in [0, 0.05) is 9.13 Å². The smallest absolute Gasteiger partial charge is 0.128 e. The fourth-order valence-electron chi connectivity index (χ4n) is 2.65. The van der Waals surface area contributed by atoms with Crippen LogP contribution in [0.5, 0.6) is 0 Å². The molecule has 1 unspecified atom stereocenters. The number of nitrogens with one attached hydrogen (secondary N) is 1. The third-order valence-electron chi connectivity index (χ3n) is 3.55. The normalized spacial score (nSPS) is 12.4. The van der Waals surface area contributed by atoms with Gasteiger partial charge in [0.2, 0.25) is 0 Å². The average molecular weight is 397 g/mol. The lowest BCUT2D eigenvalue weighted by Gasteiger charge is -2.23. The molecule has 0 saturated carbocycles. The van der Waals surface area contributed by atoms with Crippen LogP contribution in [-0.4, -0.2) is 6.54 Å². The van der Waals surface area contributed by atoms with Crippen LogP contribution in [0.15, 0.2) is 36.4 Å².